The molecule has 2 N–H and O–H groups in total. The van der Waals surface area contributed by atoms with Crippen molar-refractivity contribution in [3.63, 3.8) is 0 Å². The number of hydrogen-bond donors (Lipinski definition) is 2. The van der Waals surface area contributed by atoms with E-state index in [0.717, 1.165) is 31.0 Å². The lowest BCUT2D eigenvalue weighted by Gasteiger charge is -2.24. The summed E-state index contributed by atoms with van der Waals surface area (Å²) in [6, 6.07) is 0.912. The van der Waals surface area contributed by atoms with Crippen LogP contribution in [0.3, 0.4) is 0 Å². The Morgan fingerprint density at radius 3 is 2.58 bits per heavy atom. The second kappa shape index (κ2) is 6.12. The van der Waals surface area contributed by atoms with Crippen LogP contribution in [0, 0.1) is 5.92 Å². The van der Waals surface area contributed by atoms with Gasteiger partial charge in [0.05, 0.1) is 0 Å². The Balaban J connectivity index is 1.80. The molecule has 0 radical (unpaired) electrons. The van der Waals surface area contributed by atoms with E-state index in [4.69, 9.17) is 4.99 Å². The molecule has 110 valence electrons. The fraction of sp³-hybridized carbons (Fsp3) is 0.933. The number of aliphatic imine (C=N–C) groups is 1. The van der Waals surface area contributed by atoms with Crippen molar-refractivity contribution in [2.75, 3.05) is 26.2 Å². The Hall–Kier alpha value is -0.770. The second-order valence-corrected chi connectivity index (χ2v) is 6.98. The van der Waals surface area contributed by atoms with Crippen molar-refractivity contribution in [3.05, 3.63) is 0 Å². The molecule has 1 saturated carbocycles. The van der Waals surface area contributed by atoms with Crippen molar-refractivity contribution >= 4 is 5.96 Å². The molecular formula is C15H30N4. The van der Waals surface area contributed by atoms with Crippen LogP contribution < -0.4 is 10.6 Å². The van der Waals surface area contributed by atoms with Crippen LogP contribution in [0.1, 0.15) is 47.0 Å². The van der Waals surface area contributed by atoms with E-state index in [1.807, 2.05) is 0 Å². The third-order valence-corrected chi connectivity index (χ3v) is 3.73. The van der Waals surface area contributed by atoms with Gasteiger partial charge in [-0.3, -0.25) is 4.99 Å². The molecule has 0 bridgehead atoms. The molecule has 1 heterocycles. The molecular weight excluding hydrogens is 236 g/mol. The lowest BCUT2D eigenvalue weighted by atomic mass is 10.1. The number of rotatable bonds is 4. The summed E-state index contributed by atoms with van der Waals surface area (Å²) in [6.07, 6.45) is 4.16. The normalized spacial score (nSPS) is 25.7. The maximum atomic E-state index is 4.76. The lowest BCUT2D eigenvalue weighted by molar-refractivity contribution is 0.315. The molecule has 0 aromatic rings. The third kappa shape index (κ3) is 5.01. The van der Waals surface area contributed by atoms with Gasteiger partial charge >= 0.3 is 0 Å². The summed E-state index contributed by atoms with van der Waals surface area (Å²) in [6.45, 7) is 13.0. The Bertz CT molecular complexity index is 315. The third-order valence-electron chi connectivity index (χ3n) is 3.73. The van der Waals surface area contributed by atoms with E-state index in [0.29, 0.717) is 0 Å². The monoisotopic (exact) mass is 266 g/mol. The summed E-state index contributed by atoms with van der Waals surface area (Å²) in [4.78, 5) is 7.42. The zero-order valence-corrected chi connectivity index (χ0v) is 13.0. The maximum Gasteiger partial charge on any atom is 0.191 e. The molecule has 2 rings (SSSR count). The minimum Gasteiger partial charge on any atom is -0.357 e. The first-order valence-corrected chi connectivity index (χ1v) is 7.78. The number of likely N-dealkylation sites (tertiary alicyclic amines) is 1. The Morgan fingerprint density at radius 2 is 2.00 bits per heavy atom. The van der Waals surface area contributed by atoms with Gasteiger partial charge in [-0.1, -0.05) is 0 Å². The van der Waals surface area contributed by atoms with Crippen LogP contribution in [0.5, 0.6) is 0 Å². The van der Waals surface area contributed by atoms with Gasteiger partial charge in [-0.05, 0) is 59.4 Å². The van der Waals surface area contributed by atoms with Crippen molar-refractivity contribution in [2.24, 2.45) is 10.9 Å². The van der Waals surface area contributed by atoms with Crippen LogP contribution in [0.4, 0.5) is 0 Å². The van der Waals surface area contributed by atoms with E-state index in [2.05, 4.69) is 43.2 Å². The largest absolute Gasteiger partial charge is 0.357 e. The highest BCUT2D eigenvalue weighted by Crippen LogP contribution is 2.31. The highest BCUT2D eigenvalue weighted by molar-refractivity contribution is 5.80. The van der Waals surface area contributed by atoms with Gasteiger partial charge in [-0.25, -0.2) is 0 Å². The van der Waals surface area contributed by atoms with Gasteiger partial charge in [0.15, 0.2) is 5.96 Å². The van der Waals surface area contributed by atoms with Gasteiger partial charge in [0, 0.05) is 31.2 Å². The molecule has 1 unspecified atom stereocenters. The van der Waals surface area contributed by atoms with Crippen LogP contribution in [-0.2, 0) is 0 Å². The molecule has 4 heteroatoms. The summed E-state index contributed by atoms with van der Waals surface area (Å²) in [5.41, 5.74) is 0.0662. The maximum absolute atomic E-state index is 4.76. The highest BCUT2D eigenvalue weighted by atomic mass is 15.2. The van der Waals surface area contributed by atoms with Crippen LogP contribution in [0.2, 0.25) is 0 Å². The topological polar surface area (TPSA) is 39.7 Å². The first-order chi connectivity index (χ1) is 8.98. The quantitative estimate of drug-likeness (QED) is 0.602. The van der Waals surface area contributed by atoms with Crippen LogP contribution in [-0.4, -0.2) is 48.6 Å². The van der Waals surface area contributed by atoms with Crippen molar-refractivity contribution in [2.45, 2.75) is 58.5 Å². The summed E-state index contributed by atoms with van der Waals surface area (Å²) < 4.78 is 0. The van der Waals surface area contributed by atoms with Crippen LogP contribution >= 0.6 is 0 Å². The Kier molecular flexibility index (Phi) is 4.71. The lowest BCUT2D eigenvalue weighted by Crippen LogP contribution is -2.47. The average Bonchev–Trinajstić information content (AvgIpc) is 3.04. The highest BCUT2D eigenvalue weighted by Gasteiger charge is 2.34. The van der Waals surface area contributed by atoms with Crippen molar-refractivity contribution in [3.8, 4) is 0 Å². The van der Waals surface area contributed by atoms with Crippen LogP contribution in [0.15, 0.2) is 4.99 Å². The minimum atomic E-state index is 0.0662. The summed E-state index contributed by atoms with van der Waals surface area (Å²) in [5.74, 6) is 1.70. The number of nitrogens with zero attached hydrogens (tertiary/aromatic N) is 2. The average molecular weight is 266 g/mol. The number of hydrogen-bond acceptors (Lipinski definition) is 2. The molecule has 1 aliphatic heterocycles. The molecule has 0 amide bonds. The predicted octanol–water partition coefficient (Wildman–Crippen LogP) is 1.82. The smallest absolute Gasteiger partial charge is 0.191 e. The summed E-state index contributed by atoms with van der Waals surface area (Å²) in [7, 11) is 0. The standard InChI is InChI=1S/C15H30N4/c1-5-16-14(18-15(2,3)4)17-10-12-8-9-19(11-12)13-6-7-13/h12-13H,5-11H2,1-4H3,(H2,16,17,18). The van der Waals surface area contributed by atoms with Gasteiger partial charge < -0.3 is 15.5 Å². The summed E-state index contributed by atoms with van der Waals surface area (Å²) >= 11 is 0. The Labute approximate surface area is 118 Å². The summed E-state index contributed by atoms with van der Waals surface area (Å²) in [5, 5.41) is 6.79. The van der Waals surface area contributed by atoms with E-state index in [1.165, 1.54) is 32.4 Å². The van der Waals surface area contributed by atoms with Gasteiger partial charge in [0.25, 0.3) is 0 Å². The molecule has 0 spiro atoms. The van der Waals surface area contributed by atoms with E-state index < -0.39 is 0 Å². The fourth-order valence-electron chi connectivity index (χ4n) is 2.67. The van der Waals surface area contributed by atoms with Gasteiger partial charge in [-0.2, -0.15) is 0 Å². The SMILES string of the molecule is CCNC(=NCC1CCN(C2CC2)C1)NC(C)(C)C. The predicted molar refractivity (Wildman–Crippen MR) is 81.6 cm³/mol. The van der Waals surface area contributed by atoms with E-state index >= 15 is 0 Å². The molecule has 0 aromatic carbocycles. The molecule has 4 nitrogen and oxygen atoms in total. The van der Waals surface area contributed by atoms with Gasteiger partial charge in [0.1, 0.15) is 0 Å². The van der Waals surface area contributed by atoms with Crippen molar-refractivity contribution in [1.29, 1.82) is 0 Å². The molecule has 2 aliphatic rings. The number of guanidine groups is 1. The van der Waals surface area contributed by atoms with Gasteiger partial charge in [-0.15, -0.1) is 0 Å². The first-order valence-electron chi connectivity index (χ1n) is 7.78. The first kappa shape index (κ1) is 14.6. The Morgan fingerprint density at radius 1 is 1.26 bits per heavy atom. The zero-order valence-electron chi connectivity index (χ0n) is 13.0. The van der Waals surface area contributed by atoms with Crippen LogP contribution in [0.25, 0.3) is 0 Å². The van der Waals surface area contributed by atoms with Crippen molar-refractivity contribution < 1.29 is 0 Å². The molecule has 2 fully saturated rings. The van der Waals surface area contributed by atoms with E-state index in [9.17, 15) is 0 Å². The number of nitrogens with one attached hydrogen (secondary N) is 2. The fourth-order valence-corrected chi connectivity index (χ4v) is 2.67. The minimum absolute atomic E-state index is 0.0662. The zero-order chi connectivity index (χ0) is 13.9. The van der Waals surface area contributed by atoms with E-state index in [1.54, 1.807) is 0 Å². The molecule has 1 atom stereocenters. The molecule has 0 aromatic heterocycles. The molecule has 19 heavy (non-hydrogen) atoms. The molecule has 1 saturated heterocycles. The van der Waals surface area contributed by atoms with E-state index in [-0.39, 0.29) is 5.54 Å². The second-order valence-electron chi connectivity index (χ2n) is 6.98. The molecule has 1 aliphatic carbocycles. The van der Waals surface area contributed by atoms with Crippen molar-refractivity contribution in [1.82, 2.24) is 15.5 Å². The van der Waals surface area contributed by atoms with Gasteiger partial charge in [0.2, 0.25) is 0 Å².